The number of piperidine rings is 1. The first-order valence-electron chi connectivity index (χ1n) is 9.65. The van der Waals surface area contributed by atoms with Crippen molar-refractivity contribution < 1.29 is 18.8 Å². The van der Waals surface area contributed by atoms with Crippen molar-refractivity contribution in [3.05, 3.63) is 66.2 Å². The van der Waals surface area contributed by atoms with Crippen molar-refractivity contribution in [3.8, 4) is 11.3 Å². The van der Waals surface area contributed by atoms with Crippen LogP contribution in [-0.4, -0.2) is 45.9 Å². The van der Waals surface area contributed by atoms with Gasteiger partial charge in [0.25, 0.3) is 11.8 Å². The Kier molecular flexibility index (Phi) is 5.60. The van der Waals surface area contributed by atoms with Crippen LogP contribution in [0.5, 0.6) is 0 Å². The Balaban J connectivity index is 1.31. The Hall–Kier alpha value is -3.88. The fourth-order valence-electron chi connectivity index (χ4n) is 3.41. The number of hydrogen-bond donors (Lipinski definition) is 3. The maximum atomic E-state index is 12.5. The van der Waals surface area contributed by atoms with Crippen LogP contribution in [0.2, 0.25) is 0 Å². The zero-order valence-electron chi connectivity index (χ0n) is 16.1. The van der Waals surface area contributed by atoms with Crippen LogP contribution in [0, 0.1) is 5.92 Å². The van der Waals surface area contributed by atoms with Gasteiger partial charge in [0.2, 0.25) is 5.91 Å². The minimum atomic E-state index is -0.502. The molecule has 1 aliphatic rings. The lowest BCUT2D eigenvalue weighted by Crippen LogP contribution is -2.50. The van der Waals surface area contributed by atoms with Crippen LogP contribution in [-0.2, 0) is 4.79 Å². The van der Waals surface area contributed by atoms with Crippen LogP contribution in [0.15, 0.2) is 59.2 Å². The summed E-state index contributed by atoms with van der Waals surface area (Å²) in [5.41, 5.74) is 6.58. The van der Waals surface area contributed by atoms with E-state index in [0.717, 1.165) is 5.56 Å². The Bertz CT molecular complexity index is 1030. The summed E-state index contributed by atoms with van der Waals surface area (Å²) in [7, 11) is 0. The molecule has 0 radical (unpaired) electrons. The second-order valence-corrected chi connectivity index (χ2v) is 7.04. The summed E-state index contributed by atoms with van der Waals surface area (Å²) in [5, 5.41) is 6.79. The minimum absolute atomic E-state index is 0.229. The predicted octanol–water partition coefficient (Wildman–Crippen LogP) is 1.98. The van der Waals surface area contributed by atoms with Gasteiger partial charge < -0.3 is 9.32 Å². The summed E-state index contributed by atoms with van der Waals surface area (Å²) in [6, 6.07) is 14.3. The highest BCUT2D eigenvalue weighted by Gasteiger charge is 2.30. The summed E-state index contributed by atoms with van der Waals surface area (Å²) < 4.78 is 5.15. The molecule has 0 saturated carbocycles. The van der Waals surface area contributed by atoms with Gasteiger partial charge in [-0.2, -0.15) is 5.10 Å². The number of benzene rings is 1. The van der Waals surface area contributed by atoms with E-state index in [1.54, 1.807) is 23.1 Å². The number of rotatable bonds is 4. The highest BCUT2D eigenvalue weighted by molar-refractivity contribution is 5.95. The zero-order valence-corrected chi connectivity index (χ0v) is 16.1. The molecule has 1 aromatic carbocycles. The van der Waals surface area contributed by atoms with Crippen molar-refractivity contribution in [2.24, 2.45) is 5.92 Å². The van der Waals surface area contributed by atoms with Gasteiger partial charge in [-0.05, 0) is 31.0 Å². The largest absolute Gasteiger partial charge is 0.459 e. The van der Waals surface area contributed by atoms with Crippen LogP contribution in [0.1, 0.15) is 33.9 Å². The molecule has 1 aliphatic heterocycles. The molecule has 3 aromatic rings. The molecule has 9 nitrogen and oxygen atoms in total. The molecule has 0 bridgehead atoms. The predicted molar refractivity (Wildman–Crippen MR) is 107 cm³/mol. The second kappa shape index (κ2) is 8.64. The van der Waals surface area contributed by atoms with E-state index in [1.165, 1.54) is 6.26 Å². The van der Waals surface area contributed by atoms with E-state index < -0.39 is 11.8 Å². The first kappa shape index (κ1) is 19.4. The number of amides is 3. The van der Waals surface area contributed by atoms with Gasteiger partial charge in [0.1, 0.15) is 5.69 Å². The molecular weight excluding hydrogens is 386 g/mol. The molecule has 2 aromatic heterocycles. The quantitative estimate of drug-likeness (QED) is 0.571. The Morgan fingerprint density at radius 3 is 2.70 bits per heavy atom. The normalized spacial score (nSPS) is 16.1. The Morgan fingerprint density at radius 1 is 1.10 bits per heavy atom. The number of carbonyl (C=O) groups excluding carboxylic acids is 3. The van der Waals surface area contributed by atoms with Crippen LogP contribution < -0.4 is 10.9 Å². The van der Waals surface area contributed by atoms with E-state index >= 15 is 0 Å². The topological polar surface area (TPSA) is 120 Å². The molecular formula is C21H21N5O4. The molecule has 3 heterocycles. The van der Waals surface area contributed by atoms with Gasteiger partial charge in [-0.1, -0.05) is 30.3 Å². The lowest BCUT2D eigenvalue weighted by molar-refractivity contribution is -0.127. The number of nitrogens with one attached hydrogen (secondary N) is 3. The smallest absolute Gasteiger partial charge is 0.289 e. The number of H-pyrrole nitrogens is 1. The number of hydrogen-bond acceptors (Lipinski definition) is 5. The number of nitrogens with zero attached hydrogens (tertiary/aromatic N) is 2. The molecule has 154 valence electrons. The van der Waals surface area contributed by atoms with E-state index in [2.05, 4.69) is 21.0 Å². The molecule has 3 N–H and O–H groups in total. The van der Waals surface area contributed by atoms with E-state index in [0.29, 0.717) is 25.1 Å². The minimum Gasteiger partial charge on any atom is -0.459 e. The van der Waals surface area contributed by atoms with Gasteiger partial charge >= 0.3 is 0 Å². The maximum absolute atomic E-state index is 12.5. The molecule has 0 spiro atoms. The van der Waals surface area contributed by atoms with Crippen LogP contribution in [0.4, 0.5) is 0 Å². The first-order valence-corrected chi connectivity index (χ1v) is 9.65. The lowest BCUT2D eigenvalue weighted by Gasteiger charge is -2.31. The number of likely N-dealkylation sites (tertiary alicyclic amines) is 1. The van der Waals surface area contributed by atoms with Gasteiger partial charge in [-0.25, -0.2) is 0 Å². The SMILES string of the molecule is O=C(NNC(=O)[C@H]1CCCN(C(=O)c2ccco2)C1)c1cc(-c2ccccc2)n[nH]1. The van der Waals surface area contributed by atoms with E-state index in [4.69, 9.17) is 4.42 Å². The fourth-order valence-corrected chi connectivity index (χ4v) is 3.41. The van der Waals surface area contributed by atoms with E-state index in [9.17, 15) is 14.4 Å². The van der Waals surface area contributed by atoms with Crippen molar-refractivity contribution >= 4 is 17.7 Å². The highest BCUT2D eigenvalue weighted by atomic mass is 16.3. The van der Waals surface area contributed by atoms with E-state index in [-0.39, 0.29) is 29.8 Å². The summed E-state index contributed by atoms with van der Waals surface area (Å²) in [6.45, 7) is 0.829. The van der Waals surface area contributed by atoms with Crippen molar-refractivity contribution in [2.45, 2.75) is 12.8 Å². The number of aromatic amines is 1. The van der Waals surface area contributed by atoms with Gasteiger partial charge in [0.05, 0.1) is 17.9 Å². The molecule has 4 rings (SSSR count). The van der Waals surface area contributed by atoms with Crippen LogP contribution in [0.25, 0.3) is 11.3 Å². The van der Waals surface area contributed by atoms with Crippen molar-refractivity contribution in [2.75, 3.05) is 13.1 Å². The second-order valence-electron chi connectivity index (χ2n) is 7.04. The van der Waals surface area contributed by atoms with Gasteiger partial charge in [0.15, 0.2) is 5.76 Å². The zero-order chi connectivity index (χ0) is 20.9. The summed E-state index contributed by atoms with van der Waals surface area (Å²) in [6.07, 6.45) is 2.76. The number of hydrazine groups is 1. The van der Waals surface area contributed by atoms with E-state index in [1.807, 2.05) is 30.3 Å². The van der Waals surface area contributed by atoms with Gasteiger partial charge in [0, 0.05) is 18.7 Å². The Labute approximate surface area is 172 Å². The maximum Gasteiger partial charge on any atom is 0.289 e. The van der Waals surface area contributed by atoms with Crippen molar-refractivity contribution in [1.29, 1.82) is 0 Å². The third-order valence-electron chi connectivity index (χ3n) is 5.00. The molecule has 30 heavy (non-hydrogen) atoms. The Morgan fingerprint density at radius 2 is 1.93 bits per heavy atom. The average molecular weight is 407 g/mol. The summed E-state index contributed by atoms with van der Waals surface area (Å²) in [5.74, 6) is -1.26. The third-order valence-corrected chi connectivity index (χ3v) is 5.00. The molecule has 9 heteroatoms. The number of aromatic nitrogens is 2. The summed E-state index contributed by atoms with van der Waals surface area (Å²) >= 11 is 0. The average Bonchev–Trinajstić information content (AvgIpc) is 3.50. The lowest BCUT2D eigenvalue weighted by atomic mass is 9.97. The van der Waals surface area contributed by atoms with Crippen molar-refractivity contribution in [3.63, 3.8) is 0 Å². The third kappa shape index (κ3) is 4.24. The fraction of sp³-hybridized carbons (Fsp3) is 0.238. The molecule has 0 unspecified atom stereocenters. The van der Waals surface area contributed by atoms with Crippen molar-refractivity contribution in [1.82, 2.24) is 25.9 Å². The molecule has 1 atom stereocenters. The first-order chi connectivity index (χ1) is 14.6. The molecule has 1 saturated heterocycles. The number of furan rings is 1. The molecule has 3 amide bonds. The summed E-state index contributed by atoms with van der Waals surface area (Å²) in [4.78, 5) is 38.8. The van der Waals surface area contributed by atoms with Gasteiger partial charge in [-0.3, -0.25) is 30.3 Å². The highest BCUT2D eigenvalue weighted by Crippen LogP contribution is 2.19. The van der Waals surface area contributed by atoms with Gasteiger partial charge in [-0.15, -0.1) is 0 Å². The standard InChI is InChI=1S/C21H21N5O4/c27-19(15-8-4-10-26(13-15)21(29)18-9-5-11-30-18)24-25-20(28)17-12-16(22-23-17)14-6-2-1-3-7-14/h1-3,5-7,9,11-12,15H,4,8,10,13H2,(H,22,23)(H,24,27)(H,25,28)/t15-/m0/s1. The molecule has 1 fully saturated rings. The monoisotopic (exact) mass is 407 g/mol. The van der Waals surface area contributed by atoms with Crippen LogP contribution in [0.3, 0.4) is 0 Å². The van der Waals surface area contributed by atoms with Crippen LogP contribution >= 0.6 is 0 Å². The molecule has 0 aliphatic carbocycles. The number of carbonyl (C=O) groups is 3.